The van der Waals surface area contributed by atoms with Gasteiger partial charge >= 0.3 is 0 Å². The quantitative estimate of drug-likeness (QED) is 0.566. The summed E-state index contributed by atoms with van der Waals surface area (Å²) in [5.74, 6) is 0. The SMILES string of the molecule is C=CC(C#N)OC.II. The standard InChI is InChI=1S/C5H7NO.I2/c1-3-5(4-6)7-2;1-2/h3,5H,1H2,2H3;. The molecule has 1 atom stereocenters. The molecule has 0 spiro atoms. The molecule has 0 aliphatic rings. The van der Waals surface area contributed by atoms with Gasteiger partial charge in [-0.15, -0.1) is 0 Å². The summed E-state index contributed by atoms with van der Waals surface area (Å²) in [4.78, 5) is 0. The summed E-state index contributed by atoms with van der Waals surface area (Å²) in [7, 11) is 1.47. The molecule has 0 aromatic rings. The zero-order valence-corrected chi connectivity index (χ0v) is 9.29. The number of nitriles is 1. The van der Waals surface area contributed by atoms with Crippen molar-refractivity contribution >= 4 is 37.2 Å². The fourth-order valence-electron chi connectivity index (χ4n) is 0.202. The summed E-state index contributed by atoms with van der Waals surface area (Å²) in [5, 5.41) is 8.08. The summed E-state index contributed by atoms with van der Waals surface area (Å²) < 4.78 is 4.57. The van der Waals surface area contributed by atoms with Crippen LogP contribution in [0.4, 0.5) is 0 Å². The molecule has 0 rings (SSSR count). The number of hydrogen-bond acceptors (Lipinski definition) is 2. The van der Waals surface area contributed by atoms with Crippen molar-refractivity contribution in [1.29, 1.82) is 5.26 Å². The Bertz CT molecular complexity index is 99.6. The number of hydrogen-bond donors (Lipinski definition) is 0. The Kier molecular flexibility index (Phi) is 15.7. The zero-order valence-electron chi connectivity index (χ0n) is 4.97. The third-order valence-electron chi connectivity index (χ3n) is 0.595. The van der Waals surface area contributed by atoms with Crippen LogP contribution in [-0.2, 0) is 4.74 Å². The molecule has 0 saturated heterocycles. The topological polar surface area (TPSA) is 33.0 Å². The van der Waals surface area contributed by atoms with Gasteiger partial charge in [0.05, 0.1) is 6.07 Å². The van der Waals surface area contributed by atoms with Gasteiger partial charge in [-0.05, 0) is 6.08 Å². The zero-order chi connectivity index (χ0) is 7.70. The molecule has 52 valence electrons. The number of halogens is 2. The molecule has 0 aromatic heterocycles. The van der Waals surface area contributed by atoms with E-state index in [1.807, 2.05) is 6.07 Å². The second kappa shape index (κ2) is 11.4. The summed E-state index contributed by atoms with van der Waals surface area (Å²) in [6.07, 6.45) is 1.000. The average molecular weight is 351 g/mol. The highest BCUT2D eigenvalue weighted by Crippen LogP contribution is 1.89. The maximum Gasteiger partial charge on any atom is 0.161 e. The predicted molar refractivity (Wildman–Crippen MR) is 54.6 cm³/mol. The first-order valence-electron chi connectivity index (χ1n) is 2.04. The Labute approximate surface area is 78.6 Å². The van der Waals surface area contributed by atoms with Gasteiger partial charge < -0.3 is 4.74 Å². The highest BCUT2D eigenvalue weighted by molar-refractivity contribution is 15.0. The van der Waals surface area contributed by atoms with Crippen molar-refractivity contribution in [2.45, 2.75) is 6.10 Å². The molecule has 0 heterocycles. The molecule has 4 heteroatoms. The Balaban J connectivity index is 0. The fraction of sp³-hybridized carbons (Fsp3) is 0.400. The molecule has 1 unspecified atom stereocenters. The van der Waals surface area contributed by atoms with E-state index in [-0.39, 0.29) is 0 Å². The van der Waals surface area contributed by atoms with Crippen molar-refractivity contribution < 1.29 is 4.74 Å². The van der Waals surface area contributed by atoms with Gasteiger partial charge in [0.25, 0.3) is 0 Å². The monoisotopic (exact) mass is 351 g/mol. The molecular formula is C5H7I2NO. The van der Waals surface area contributed by atoms with Crippen LogP contribution >= 0.6 is 37.2 Å². The molecule has 0 amide bonds. The lowest BCUT2D eigenvalue weighted by Crippen LogP contribution is -2.00. The lowest BCUT2D eigenvalue weighted by molar-refractivity contribution is 0.183. The van der Waals surface area contributed by atoms with Crippen molar-refractivity contribution in [2.24, 2.45) is 0 Å². The van der Waals surface area contributed by atoms with E-state index < -0.39 is 6.10 Å². The minimum Gasteiger partial charge on any atom is -0.362 e. The van der Waals surface area contributed by atoms with Gasteiger partial charge in [-0.1, -0.05) is 6.58 Å². The maximum absolute atomic E-state index is 8.08. The Morgan fingerprint density at radius 2 is 2.22 bits per heavy atom. The average Bonchev–Trinajstić information content (AvgIpc) is 1.96. The fourth-order valence-corrected chi connectivity index (χ4v) is 0.202. The van der Waals surface area contributed by atoms with Crippen molar-refractivity contribution in [1.82, 2.24) is 0 Å². The summed E-state index contributed by atoms with van der Waals surface area (Å²) >= 11 is 4.24. The van der Waals surface area contributed by atoms with Crippen molar-refractivity contribution in [3.8, 4) is 6.07 Å². The number of methoxy groups -OCH3 is 1. The van der Waals surface area contributed by atoms with E-state index in [2.05, 4.69) is 48.5 Å². The third kappa shape index (κ3) is 8.65. The van der Waals surface area contributed by atoms with Gasteiger partial charge in [-0.25, -0.2) is 0 Å². The van der Waals surface area contributed by atoms with E-state index in [0.29, 0.717) is 0 Å². The normalized spacial score (nSPS) is 10.0. The first kappa shape index (κ1) is 12.3. The molecule has 0 aliphatic heterocycles. The van der Waals surface area contributed by atoms with E-state index >= 15 is 0 Å². The predicted octanol–water partition coefficient (Wildman–Crippen LogP) is 2.48. The van der Waals surface area contributed by atoms with Crippen LogP contribution in [-0.4, -0.2) is 13.2 Å². The first-order chi connectivity index (χ1) is 4.35. The van der Waals surface area contributed by atoms with E-state index in [9.17, 15) is 0 Å². The molecule has 0 fully saturated rings. The van der Waals surface area contributed by atoms with Crippen LogP contribution in [0.3, 0.4) is 0 Å². The van der Waals surface area contributed by atoms with Crippen LogP contribution in [0.1, 0.15) is 0 Å². The Hall–Kier alpha value is 0.650. The van der Waals surface area contributed by atoms with Crippen LogP contribution in [0.25, 0.3) is 0 Å². The third-order valence-corrected chi connectivity index (χ3v) is 0.595. The van der Waals surface area contributed by atoms with Crippen LogP contribution in [0, 0.1) is 11.3 Å². The number of rotatable bonds is 2. The maximum atomic E-state index is 8.08. The van der Waals surface area contributed by atoms with E-state index in [0.717, 1.165) is 0 Å². The van der Waals surface area contributed by atoms with Crippen LogP contribution in [0.15, 0.2) is 12.7 Å². The molecule has 0 bridgehead atoms. The van der Waals surface area contributed by atoms with Gasteiger partial charge in [0.15, 0.2) is 6.10 Å². The van der Waals surface area contributed by atoms with Crippen LogP contribution < -0.4 is 0 Å². The summed E-state index contributed by atoms with van der Waals surface area (Å²) in [6.45, 7) is 3.36. The van der Waals surface area contributed by atoms with Gasteiger partial charge in [0.2, 0.25) is 0 Å². The van der Waals surface area contributed by atoms with Crippen molar-refractivity contribution in [2.75, 3.05) is 7.11 Å². The minimum absolute atomic E-state index is 0.444. The van der Waals surface area contributed by atoms with Gasteiger partial charge in [-0.3, -0.25) is 0 Å². The molecule has 9 heavy (non-hydrogen) atoms. The lowest BCUT2D eigenvalue weighted by Gasteiger charge is -1.94. The molecule has 2 nitrogen and oxygen atoms in total. The van der Waals surface area contributed by atoms with Gasteiger partial charge in [0.1, 0.15) is 0 Å². The van der Waals surface area contributed by atoms with Crippen LogP contribution in [0.5, 0.6) is 0 Å². The van der Waals surface area contributed by atoms with Gasteiger partial charge in [0, 0.05) is 44.3 Å². The molecule has 0 aromatic carbocycles. The smallest absolute Gasteiger partial charge is 0.161 e. The van der Waals surface area contributed by atoms with Crippen molar-refractivity contribution in [3.63, 3.8) is 0 Å². The highest BCUT2D eigenvalue weighted by Gasteiger charge is 1.92. The molecule has 0 radical (unpaired) electrons. The highest BCUT2D eigenvalue weighted by atomic mass is 128. The number of ether oxygens (including phenoxy) is 1. The second-order valence-corrected chi connectivity index (χ2v) is 1.02. The number of nitrogens with zero attached hydrogens (tertiary/aromatic N) is 1. The molecule has 0 aliphatic carbocycles. The van der Waals surface area contributed by atoms with E-state index in [4.69, 9.17) is 5.26 Å². The van der Waals surface area contributed by atoms with Crippen LogP contribution in [0.2, 0.25) is 0 Å². The Morgan fingerprint density at radius 1 is 1.78 bits per heavy atom. The minimum atomic E-state index is -0.444. The Morgan fingerprint density at radius 3 is 2.22 bits per heavy atom. The van der Waals surface area contributed by atoms with E-state index in [1.54, 1.807) is 0 Å². The largest absolute Gasteiger partial charge is 0.362 e. The van der Waals surface area contributed by atoms with Crippen molar-refractivity contribution in [3.05, 3.63) is 12.7 Å². The summed E-state index contributed by atoms with van der Waals surface area (Å²) in [5.41, 5.74) is 0. The molecular weight excluding hydrogens is 344 g/mol. The molecule has 0 saturated carbocycles. The van der Waals surface area contributed by atoms with E-state index in [1.165, 1.54) is 13.2 Å². The summed E-state index contributed by atoms with van der Waals surface area (Å²) in [6, 6.07) is 1.86. The van der Waals surface area contributed by atoms with Gasteiger partial charge in [-0.2, -0.15) is 5.26 Å². The first-order valence-corrected chi connectivity index (χ1v) is 8.33. The lowest BCUT2D eigenvalue weighted by atomic mass is 10.4. The second-order valence-electron chi connectivity index (χ2n) is 1.02. The molecule has 0 N–H and O–H groups in total.